The Morgan fingerprint density at radius 2 is 2.00 bits per heavy atom. The molecule has 0 aromatic heterocycles. The van der Waals surface area contributed by atoms with Gasteiger partial charge in [0.25, 0.3) is 0 Å². The Kier molecular flexibility index (Phi) is 2.44. The van der Waals surface area contributed by atoms with Crippen molar-refractivity contribution in [1.29, 1.82) is 5.26 Å². The minimum Gasteiger partial charge on any atom is -0.207 e. The quantitative estimate of drug-likeness (QED) is 0.624. The number of hydrogen-bond donors (Lipinski definition) is 0. The smallest absolute Gasteiger partial charge is 0.124 e. The molecule has 0 heterocycles. The molecule has 1 aromatic rings. The summed E-state index contributed by atoms with van der Waals surface area (Å²) in [4.78, 5) is 0. The number of nitriles is 1. The van der Waals surface area contributed by atoms with E-state index in [0.717, 1.165) is 5.56 Å². The van der Waals surface area contributed by atoms with Crippen LogP contribution in [0.15, 0.2) is 18.2 Å². The van der Waals surface area contributed by atoms with Crippen LogP contribution in [0.3, 0.4) is 0 Å². The number of halogens is 1. The normalized spacial score (nSPS) is 9.92. The highest BCUT2D eigenvalue weighted by molar-refractivity contribution is 5.34. The van der Waals surface area contributed by atoms with Gasteiger partial charge in [0.05, 0.1) is 11.6 Å². The molecule has 0 radical (unpaired) electrons. The summed E-state index contributed by atoms with van der Waals surface area (Å²) in [6.45, 7) is 3.94. The van der Waals surface area contributed by atoms with E-state index in [4.69, 9.17) is 5.26 Å². The zero-order valence-corrected chi connectivity index (χ0v) is 7.13. The number of benzene rings is 1. The van der Waals surface area contributed by atoms with E-state index in [1.807, 2.05) is 19.9 Å². The molecule has 2 heteroatoms. The Balaban J connectivity index is 3.17. The molecule has 0 N–H and O–H groups in total. The Hall–Kier alpha value is -1.36. The largest absolute Gasteiger partial charge is 0.207 e. The maximum absolute atomic E-state index is 12.8. The van der Waals surface area contributed by atoms with Gasteiger partial charge in [-0.05, 0) is 29.7 Å². The molecule has 0 bridgehead atoms. The predicted molar refractivity (Wildman–Crippen MR) is 45.2 cm³/mol. The van der Waals surface area contributed by atoms with Gasteiger partial charge in [-0.25, -0.2) is 4.39 Å². The van der Waals surface area contributed by atoms with Crippen molar-refractivity contribution in [3.05, 3.63) is 35.1 Å². The van der Waals surface area contributed by atoms with Crippen LogP contribution >= 0.6 is 0 Å². The van der Waals surface area contributed by atoms with Crippen LogP contribution in [0, 0.1) is 17.1 Å². The molecular weight excluding hydrogens is 153 g/mol. The van der Waals surface area contributed by atoms with Crippen molar-refractivity contribution in [3.63, 3.8) is 0 Å². The van der Waals surface area contributed by atoms with Crippen molar-refractivity contribution in [2.24, 2.45) is 0 Å². The third-order valence-corrected chi connectivity index (χ3v) is 1.72. The topological polar surface area (TPSA) is 23.8 Å². The van der Waals surface area contributed by atoms with Crippen molar-refractivity contribution >= 4 is 0 Å². The average molecular weight is 163 g/mol. The first-order valence-electron chi connectivity index (χ1n) is 3.84. The lowest BCUT2D eigenvalue weighted by Crippen LogP contribution is -1.90. The first-order valence-corrected chi connectivity index (χ1v) is 3.84. The lowest BCUT2D eigenvalue weighted by molar-refractivity contribution is 0.622. The van der Waals surface area contributed by atoms with E-state index in [-0.39, 0.29) is 11.7 Å². The molecule has 1 rings (SSSR count). The zero-order chi connectivity index (χ0) is 9.14. The molecule has 1 aromatic carbocycles. The van der Waals surface area contributed by atoms with Crippen LogP contribution in [0.5, 0.6) is 0 Å². The molecule has 0 saturated heterocycles. The number of rotatable bonds is 1. The van der Waals surface area contributed by atoms with E-state index in [2.05, 4.69) is 0 Å². The van der Waals surface area contributed by atoms with Crippen LogP contribution in [0.4, 0.5) is 4.39 Å². The van der Waals surface area contributed by atoms with Crippen LogP contribution < -0.4 is 0 Å². The summed E-state index contributed by atoms with van der Waals surface area (Å²) in [6.07, 6.45) is 0. The maximum Gasteiger partial charge on any atom is 0.124 e. The number of nitrogens with zero attached hydrogens (tertiary/aromatic N) is 1. The lowest BCUT2D eigenvalue weighted by Gasteiger charge is -2.04. The van der Waals surface area contributed by atoms with Crippen molar-refractivity contribution in [1.82, 2.24) is 0 Å². The molecular formula is C10H10FN. The summed E-state index contributed by atoms with van der Waals surface area (Å²) < 4.78 is 12.8. The minimum atomic E-state index is -0.335. The van der Waals surface area contributed by atoms with Gasteiger partial charge in [0.15, 0.2) is 0 Å². The summed E-state index contributed by atoms with van der Waals surface area (Å²) in [5.41, 5.74) is 1.25. The zero-order valence-electron chi connectivity index (χ0n) is 7.13. The SMILES string of the molecule is CC(C)c1cc(F)cc(C#N)c1. The molecule has 0 aliphatic rings. The van der Waals surface area contributed by atoms with Crippen LogP contribution in [-0.4, -0.2) is 0 Å². The van der Waals surface area contributed by atoms with E-state index in [1.54, 1.807) is 6.07 Å². The highest BCUT2D eigenvalue weighted by Gasteiger charge is 2.03. The molecule has 0 atom stereocenters. The van der Waals surface area contributed by atoms with Gasteiger partial charge in [0, 0.05) is 0 Å². The van der Waals surface area contributed by atoms with Crippen LogP contribution in [-0.2, 0) is 0 Å². The van der Waals surface area contributed by atoms with Gasteiger partial charge in [0.2, 0.25) is 0 Å². The molecule has 0 fully saturated rings. The molecule has 0 spiro atoms. The van der Waals surface area contributed by atoms with E-state index in [0.29, 0.717) is 5.56 Å². The second-order valence-corrected chi connectivity index (χ2v) is 3.04. The highest BCUT2D eigenvalue weighted by atomic mass is 19.1. The minimum absolute atomic E-state index is 0.257. The molecule has 62 valence electrons. The monoisotopic (exact) mass is 163 g/mol. The predicted octanol–water partition coefficient (Wildman–Crippen LogP) is 2.82. The third-order valence-electron chi connectivity index (χ3n) is 1.72. The number of hydrogen-bond acceptors (Lipinski definition) is 1. The third kappa shape index (κ3) is 1.82. The fourth-order valence-corrected chi connectivity index (χ4v) is 1.01. The Morgan fingerprint density at radius 3 is 2.50 bits per heavy atom. The van der Waals surface area contributed by atoms with Crippen LogP contribution in [0.25, 0.3) is 0 Å². The van der Waals surface area contributed by atoms with Gasteiger partial charge < -0.3 is 0 Å². The van der Waals surface area contributed by atoms with Crippen molar-refractivity contribution in [3.8, 4) is 6.07 Å². The highest BCUT2D eigenvalue weighted by Crippen LogP contribution is 2.17. The summed E-state index contributed by atoms with van der Waals surface area (Å²) in [5, 5.41) is 8.55. The van der Waals surface area contributed by atoms with E-state index >= 15 is 0 Å². The fraction of sp³-hybridized carbons (Fsp3) is 0.300. The van der Waals surface area contributed by atoms with Gasteiger partial charge >= 0.3 is 0 Å². The first kappa shape index (κ1) is 8.73. The summed E-state index contributed by atoms with van der Waals surface area (Å²) in [7, 11) is 0. The molecule has 1 nitrogen and oxygen atoms in total. The van der Waals surface area contributed by atoms with Crippen molar-refractivity contribution in [2.75, 3.05) is 0 Å². The van der Waals surface area contributed by atoms with Gasteiger partial charge in [0.1, 0.15) is 5.82 Å². The standard InChI is InChI=1S/C10H10FN/c1-7(2)9-3-8(6-12)4-10(11)5-9/h3-5,7H,1-2H3. The first-order chi connectivity index (χ1) is 5.63. The molecule has 0 aliphatic carbocycles. The second kappa shape index (κ2) is 3.36. The van der Waals surface area contributed by atoms with Gasteiger partial charge in [-0.1, -0.05) is 13.8 Å². The Labute approximate surface area is 71.4 Å². The molecule has 0 unspecified atom stereocenters. The van der Waals surface area contributed by atoms with Crippen LogP contribution in [0.1, 0.15) is 30.9 Å². The lowest BCUT2D eigenvalue weighted by atomic mass is 10.0. The van der Waals surface area contributed by atoms with E-state index in [9.17, 15) is 4.39 Å². The average Bonchev–Trinajstić information content (AvgIpc) is 2.03. The fourth-order valence-electron chi connectivity index (χ4n) is 1.01. The molecule has 0 amide bonds. The Bertz CT molecular complexity index is 323. The van der Waals surface area contributed by atoms with E-state index < -0.39 is 0 Å². The molecule has 12 heavy (non-hydrogen) atoms. The molecule has 0 aliphatic heterocycles. The summed E-state index contributed by atoms with van der Waals surface area (Å²) in [6, 6.07) is 6.34. The van der Waals surface area contributed by atoms with Crippen molar-refractivity contribution < 1.29 is 4.39 Å². The van der Waals surface area contributed by atoms with Crippen molar-refractivity contribution in [2.45, 2.75) is 19.8 Å². The molecule has 0 saturated carbocycles. The van der Waals surface area contributed by atoms with Crippen LogP contribution in [0.2, 0.25) is 0 Å². The second-order valence-electron chi connectivity index (χ2n) is 3.04. The van der Waals surface area contributed by atoms with Gasteiger partial charge in [-0.15, -0.1) is 0 Å². The van der Waals surface area contributed by atoms with Gasteiger partial charge in [-0.3, -0.25) is 0 Å². The van der Waals surface area contributed by atoms with Gasteiger partial charge in [-0.2, -0.15) is 5.26 Å². The maximum atomic E-state index is 12.8. The Morgan fingerprint density at radius 1 is 1.33 bits per heavy atom. The summed E-state index contributed by atoms with van der Waals surface area (Å²) >= 11 is 0. The van der Waals surface area contributed by atoms with E-state index in [1.165, 1.54) is 12.1 Å². The summed E-state index contributed by atoms with van der Waals surface area (Å²) in [5.74, 6) is -0.0782.